The molecule has 20 atom stereocenters. The molecule has 12 heteroatoms. The second kappa shape index (κ2) is 13.2. The van der Waals surface area contributed by atoms with Crippen molar-refractivity contribution in [3.05, 3.63) is 0 Å². The third-order valence-electron chi connectivity index (χ3n) is 15.1. The van der Waals surface area contributed by atoms with E-state index in [9.17, 15) is 19.2 Å². The molecule has 9 aliphatic rings. The van der Waals surface area contributed by atoms with Crippen molar-refractivity contribution in [3.63, 3.8) is 0 Å². The summed E-state index contributed by atoms with van der Waals surface area (Å²) in [4.78, 5) is 48.2. The van der Waals surface area contributed by atoms with Gasteiger partial charge in [0.05, 0.1) is 49.3 Å². The van der Waals surface area contributed by atoms with Gasteiger partial charge in [0.2, 0.25) is 0 Å². The molecule has 9 fully saturated rings. The molecule has 0 radical (unpaired) electrons. The summed E-state index contributed by atoms with van der Waals surface area (Å²) in [6.45, 7) is 0. The number of fused-ring (bicyclic) bond motifs is 20. The summed E-state index contributed by atoms with van der Waals surface area (Å²) in [6.07, 6.45) is 16.8. The van der Waals surface area contributed by atoms with Crippen molar-refractivity contribution in [2.24, 2.45) is 71.0 Å². The lowest BCUT2D eigenvalue weighted by atomic mass is 9.72. The van der Waals surface area contributed by atoms with Gasteiger partial charge in [-0.25, -0.2) is 0 Å². The van der Waals surface area contributed by atoms with E-state index in [1.165, 1.54) is 25.1 Å². The minimum atomic E-state index is 0.0499. The van der Waals surface area contributed by atoms with Gasteiger partial charge in [-0.3, -0.25) is 42.5 Å². The van der Waals surface area contributed by atoms with Crippen molar-refractivity contribution >= 4 is 25.1 Å². The second-order valence-electron chi connectivity index (χ2n) is 17.3. The van der Waals surface area contributed by atoms with Gasteiger partial charge in [-0.2, -0.15) is 0 Å². The first-order chi connectivity index (χ1) is 23.5. The highest BCUT2D eigenvalue weighted by Crippen LogP contribution is 2.47. The van der Waals surface area contributed by atoms with Gasteiger partial charge in [0.1, 0.15) is 25.1 Å². The maximum Gasteiger partial charge on any atom is 0.123 e. The van der Waals surface area contributed by atoms with Gasteiger partial charge >= 0.3 is 0 Å². The molecular formula is C36H56N8O4. The van der Waals surface area contributed by atoms with Crippen LogP contribution in [-0.4, -0.2) is 74.5 Å². The maximum atomic E-state index is 12.0. The minimum absolute atomic E-state index is 0.0499. The molecule has 5 heterocycles. The van der Waals surface area contributed by atoms with Crippen LogP contribution in [0.5, 0.6) is 0 Å². The molecule has 5 aliphatic heterocycles. The molecular weight excluding hydrogens is 608 g/mol. The lowest BCUT2D eigenvalue weighted by Gasteiger charge is -2.37. The third kappa shape index (κ3) is 5.57. The predicted octanol–water partition coefficient (Wildman–Crippen LogP) is 0.306. The fourth-order valence-electron chi connectivity index (χ4n) is 12.6. The van der Waals surface area contributed by atoms with Crippen LogP contribution in [0.15, 0.2) is 0 Å². The van der Waals surface area contributed by atoms with Gasteiger partial charge < -0.3 is 19.2 Å². The third-order valence-corrected chi connectivity index (χ3v) is 15.1. The largest absolute Gasteiger partial charge is 0.303 e. The van der Waals surface area contributed by atoms with Crippen molar-refractivity contribution in [1.29, 1.82) is 0 Å². The van der Waals surface area contributed by atoms with Crippen LogP contribution in [0.1, 0.15) is 77.0 Å². The van der Waals surface area contributed by atoms with Gasteiger partial charge in [-0.1, -0.05) is 0 Å². The molecule has 264 valence electrons. The average Bonchev–Trinajstić information content (AvgIpc) is 3.85. The van der Waals surface area contributed by atoms with E-state index in [-0.39, 0.29) is 73.0 Å². The maximum absolute atomic E-state index is 12.0. The van der Waals surface area contributed by atoms with E-state index >= 15 is 0 Å². The van der Waals surface area contributed by atoms with E-state index in [1.54, 1.807) is 0 Å². The molecule has 0 aromatic heterocycles. The molecule has 9 rings (SSSR count). The van der Waals surface area contributed by atoms with Crippen LogP contribution in [0, 0.1) is 71.0 Å². The minimum Gasteiger partial charge on any atom is -0.303 e. The molecule has 5 saturated heterocycles. The van der Waals surface area contributed by atoms with Crippen LogP contribution in [0.4, 0.5) is 0 Å². The average molecular weight is 665 g/mol. The Bertz CT molecular complexity index is 1240. The Balaban J connectivity index is 1.06. The molecule has 48 heavy (non-hydrogen) atoms. The predicted molar refractivity (Wildman–Crippen MR) is 177 cm³/mol. The molecule has 4 saturated carbocycles. The second-order valence-corrected chi connectivity index (χ2v) is 17.3. The van der Waals surface area contributed by atoms with Gasteiger partial charge in [0, 0.05) is 23.7 Å². The molecule has 0 aromatic rings. The normalized spacial score (nSPS) is 55.8. The first-order valence-electron chi connectivity index (χ1n) is 19.4. The Morgan fingerprint density at radius 2 is 0.458 bits per heavy atom. The Hall–Kier alpha value is -1.64. The summed E-state index contributed by atoms with van der Waals surface area (Å²) in [5, 5.41) is 32.4. The van der Waals surface area contributed by atoms with Gasteiger partial charge in [0.25, 0.3) is 0 Å². The summed E-state index contributed by atoms with van der Waals surface area (Å²) < 4.78 is 0. The Kier molecular flexibility index (Phi) is 8.85. The quantitative estimate of drug-likeness (QED) is 0.194. The van der Waals surface area contributed by atoms with Crippen LogP contribution in [0.3, 0.4) is 0 Å². The fraction of sp³-hybridized carbons (Fsp3) is 0.889. The van der Waals surface area contributed by atoms with E-state index in [4.69, 9.17) is 0 Å². The van der Waals surface area contributed by atoms with Crippen molar-refractivity contribution in [3.8, 4) is 0 Å². The Morgan fingerprint density at radius 3 is 0.646 bits per heavy atom. The van der Waals surface area contributed by atoms with Crippen LogP contribution in [0.25, 0.3) is 0 Å². The fourth-order valence-corrected chi connectivity index (χ4v) is 12.6. The van der Waals surface area contributed by atoms with Crippen LogP contribution in [0.2, 0.25) is 0 Å². The summed E-state index contributed by atoms with van der Waals surface area (Å²) >= 11 is 0. The molecule has 12 nitrogen and oxygen atoms in total. The van der Waals surface area contributed by atoms with E-state index in [0.717, 1.165) is 77.0 Å². The first kappa shape index (κ1) is 32.3. The van der Waals surface area contributed by atoms with Gasteiger partial charge in [-0.15, -0.1) is 0 Å². The van der Waals surface area contributed by atoms with Gasteiger partial charge in [0.15, 0.2) is 0 Å². The standard InChI is InChI=1S/C36H56N8O4/c45-13-17-1-5-21-25(9-17)33-38-29(21)37-30-22-6-2-19(15-47)11-27(22)35(39-30)44-36-28-12-20(16-48)4-8-24(28)32(43-36)42-34-26-10-18(14-46)3-7-23(26)31(40-33)41-34/h13-44H,1-12H2. The lowest BCUT2D eigenvalue weighted by molar-refractivity contribution is -0.113. The first-order valence-corrected chi connectivity index (χ1v) is 19.4. The highest BCUT2D eigenvalue weighted by atomic mass is 16.1. The summed E-state index contributed by atoms with van der Waals surface area (Å²) in [5.41, 5.74) is 0. The molecule has 0 spiro atoms. The number of hydrogen-bond donors (Lipinski definition) is 8. The number of rotatable bonds is 4. The molecule has 8 bridgehead atoms. The van der Waals surface area contributed by atoms with E-state index in [0.29, 0.717) is 47.3 Å². The van der Waals surface area contributed by atoms with Gasteiger partial charge in [-0.05, 0) is 124 Å². The number of hydrogen-bond acceptors (Lipinski definition) is 12. The molecule has 4 aliphatic carbocycles. The summed E-state index contributed by atoms with van der Waals surface area (Å²) in [7, 11) is 0. The zero-order chi connectivity index (χ0) is 32.5. The lowest BCUT2D eigenvalue weighted by Crippen LogP contribution is -2.61. The van der Waals surface area contributed by atoms with Crippen LogP contribution >= 0.6 is 0 Å². The monoisotopic (exact) mass is 664 g/mol. The van der Waals surface area contributed by atoms with Crippen LogP contribution in [-0.2, 0) is 19.2 Å². The van der Waals surface area contributed by atoms with Crippen molar-refractivity contribution in [2.75, 3.05) is 0 Å². The highest BCUT2D eigenvalue weighted by molar-refractivity contribution is 5.55. The van der Waals surface area contributed by atoms with Crippen molar-refractivity contribution in [2.45, 2.75) is 126 Å². The number of nitrogens with one attached hydrogen (secondary N) is 8. The summed E-state index contributed by atoms with van der Waals surface area (Å²) in [5.74, 6) is 3.39. The molecule has 0 aromatic carbocycles. The summed E-state index contributed by atoms with van der Waals surface area (Å²) in [6, 6.07) is 0. The smallest absolute Gasteiger partial charge is 0.123 e. The van der Waals surface area contributed by atoms with Crippen molar-refractivity contribution in [1.82, 2.24) is 42.5 Å². The van der Waals surface area contributed by atoms with Crippen LogP contribution < -0.4 is 42.5 Å². The SMILES string of the molecule is O=CC1CCC2C3NC4NC(NC5NC(NC6NC(NC(N3)C2C1)C1CCC(C=O)CC61)C1CCC(C=O)CC51)C1CC(C=O)CCC41. The number of carbonyl (C=O) groups is 4. The highest BCUT2D eigenvalue weighted by Gasteiger charge is 2.56. The number of carbonyl (C=O) groups excluding carboxylic acids is 4. The molecule has 0 amide bonds. The Labute approximate surface area is 284 Å². The van der Waals surface area contributed by atoms with E-state index < -0.39 is 0 Å². The zero-order valence-corrected chi connectivity index (χ0v) is 28.0. The zero-order valence-electron chi connectivity index (χ0n) is 28.0. The number of aldehydes is 4. The topological polar surface area (TPSA) is 165 Å². The molecule has 20 unspecified atom stereocenters. The van der Waals surface area contributed by atoms with Crippen molar-refractivity contribution < 1.29 is 19.2 Å². The Morgan fingerprint density at radius 1 is 0.271 bits per heavy atom. The molecule has 8 N–H and O–H groups in total. The van der Waals surface area contributed by atoms with E-state index in [2.05, 4.69) is 42.5 Å². The van der Waals surface area contributed by atoms with E-state index in [1.807, 2.05) is 0 Å².